The van der Waals surface area contributed by atoms with Crippen molar-refractivity contribution >= 4 is 17.4 Å². The molecule has 2 N–H and O–H groups in total. The van der Waals surface area contributed by atoms with Crippen LogP contribution < -0.4 is 11.0 Å². The largest absolute Gasteiger partial charge is 0.388 e. The Morgan fingerprint density at radius 3 is 2.47 bits per heavy atom. The van der Waals surface area contributed by atoms with Crippen molar-refractivity contribution < 1.29 is 19.0 Å². The first kappa shape index (κ1) is 32.7. The summed E-state index contributed by atoms with van der Waals surface area (Å²) >= 11 is 0. The molecule has 3 heterocycles. The zero-order valence-electron chi connectivity index (χ0n) is 27.7. The van der Waals surface area contributed by atoms with Gasteiger partial charge in [0.15, 0.2) is 0 Å². The number of aliphatic hydroxyl groups is 1. The van der Waals surface area contributed by atoms with Crippen LogP contribution in [0.2, 0.25) is 0 Å². The molecule has 0 spiro atoms. The lowest BCUT2D eigenvalue weighted by molar-refractivity contribution is -0.119. The summed E-state index contributed by atoms with van der Waals surface area (Å²) in [5.41, 5.74) is 4.90. The summed E-state index contributed by atoms with van der Waals surface area (Å²) in [6.45, 7) is 9.21. The first-order chi connectivity index (χ1) is 22.5. The summed E-state index contributed by atoms with van der Waals surface area (Å²) in [7, 11) is 0. The smallest absolute Gasteiger partial charge is 0.259 e. The molecule has 4 aromatic rings. The van der Waals surface area contributed by atoms with Gasteiger partial charge in [-0.15, -0.1) is 0 Å². The van der Waals surface area contributed by atoms with E-state index in [-0.39, 0.29) is 48.1 Å². The molecule has 2 aliphatic rings. The first-order valence-electron chi connectivity index (χ1n) is 16.6. The Morgan fingerprint density at radius 2 is 1.83 bits per heavy atom. The Kier molecular flexibility index (Phi) is 9.13. The topological polar surface area (TPSA) is 123 Å². The number of amides is 1. The van der Waals surface area contributed by atoms with Crippen LogP contribution in [-0.4, -0.2) is 53.7 Å². The third-order valence-electron chi connectivity index (χ3n) is 9.49. The molecular formula is C36H43FN6O4. The molecule has 0 saturated heterocycles. The van der Waals surface area contributed by atoms with E-state index in [1.54, 1.807) is 29.0 Å². The second kappa shape index (κ2) is 13.1. The van der Waals surface area contributed by atoms with Crippen LogP contribution in [0.1, 0.15) is 100 Å². The van der Waals surface area contributed by atoms with E-state index in [0.29, 0.717) is 53.3 Å². The second-order valence-electron chi connectivity index (χ2n) is 13.4. The van der Waals surface area contributed by atoms with Gasteiger partial charge in [-0.3, -0.25) is 14.2 Å². The van der Waals surface area contributed by atoms with Crippen molar-refractivity contribution in [3.8, 4) is 11.1 Å². The van der Waals surface area contributed by atoms with Gasteiger partial charge in [0.25, 0.3) is 5.56 Å². The third kappa shape index (κ3) is 6.51. The number of halogens is 1. The second-order valence-corrected chi connectivity index (χ2v) is 13.4. The lowest BCUT2D eigenvalue weighted by atomic mass is 9.90. The fourth-order valence-electron chi connectivity index (χ4n) is 6.72. The summed E-state index contributed by atoms with van der Waals surface area (Å²) in [5, 5.41) is 19.2. The molecule has 1 saturated carbocycles. The molecule has 2 aromatic carbocycles. The highest BCUT2D eigenvalue weighted by Crippen LogP contribution is 2.34. The van der Waals surface area contributed by atoms with Gasteiger partial charge in [-0.25, -0.2) is 14.3 Å². The molecule has 2 aromatic heterocycles. The minimum absolute atomic E-state index is 0.0200. The molecule has 6 rings (SSSR count). The van der Waals surface area contributed by atoms with Crippen molar-refractivity contribution in [2.45, 2.75) is 110 Å². The molecule has 10 nitrogen and oxygen atoms in total. The molecular weight excluding hydrogens is 599 g/mol. The number of fused-ring (bicyclic) bond motifs is 1. The van der Waals surface area contributed by atoms with Crippen LogP contribution in [0.25, 0.3) is 16.9 Å². The average molecular weight is 643 g/mol. The minimum atomic E-state index is -0.951. The number of ether oxygens (including phenoxy) is 1. The zero-order valence-corrected chi connectivity index (χ0v) is 27.7. The van der Waals surface area contributed by atoms with Crippen molar-refractivity contribution in [2.75, 3.05) is 0 Å². The summed E-state index contributed by atoms with van der Waals surface area (Å²) in [5.74, 6) is 0.266. The van der Waals surface area contributed by atoms with Gasteiger partial charge in [-0.1, -0.05) is 55.8 Å². The van der Waals surface area contributed by atoms with Gasteiger partial charge in [-0.2, -0.15) is 15.2 Å². The van der Waals surface area contributed by atoms with E-state index >= 15 is 4.39 Å². The Labute approximate surface area is 273 Å². The summed E-state index contributed by atoms with van der Waals surface area (Å²) in [6.07, 6.45) is 3.87. The van der Waals surface area contributed by atoms with E-state index in [0.717, 1.165) is 30.5 Å². The highest BCUT2D eigenvalue weighted by atomic mass is 19.1. The van der Waals surface area contributed by atoms with E-state index < -0.39 is 11.4 Å². The van der Waals surface area contributed by atoms with Crippen molar-refractivity contribution in [1.82, 2.24) is 24.6 Å². The summed E-state index contributed by atoms with van der Waals surface area (Å²) in [4.78, 5) is 31.4. The minimum Gasteiger partial charge on any atom is -0.388 e. The van der Waals surface area contributed by atoms with E-state index in [9.17, 15) is 14.7 Å². The number of aromatic nitrogens is 4. The molecule has 248 valence electrons. The van der Waals surface area contributed by atoms with Crippen molar-refractivity contribution in [3.63, 3.8) is 0 Å². The van der Waals surface area contributed by atoms with E-state index in [4.69, 9.17) is 14.8 Å². The molecule has 1 aliphatic heterocycles. The molecule has 1 atom stereocenters. The number of hydrogen-bond acceptors (Lipinski definition) is 7. The maximum Gasteiger partial charge on any atom is 0.259 e. The quantitative estimate of drug-likeness (QED) is 0.238. The number of benzene rings is 2. The maximum absolute atomic E-state index is 16.7. The van der Waals surface area contributed by atoms with Crippen LogP contribution in [0, 0.1) is 12.7 Å². The normalized spacial score (nSPS) is 19.2. The van der Waals surface area contributed by atoms with Crippen LogP contribution in [-0.2, 0) is 22.4 Å². The number of carbonyl (C=O) groups excluding carboxylic acids is 1. The number of rotatable bonds is 10. The Hall–Kier alpha value is -4.22. The summed E-state index contributed by atoms with van der Waals surface area (Å²) < 4.78 is 26.5. The Bertz CT molecular complexity index is 1880. The Morgan fingerprint density at radius 1 is 1.11 bits per heavy atom. The van der Waals surface area contributed by atoms with Gasteiger partial charge < -0.3 is 9.84 Å². The van der Waals surface area contributed by atoms with Crippen LogP contribution in [0.5, 0.6) is 0 Å². The molecule has 1 unspecified atom stereocenters. The molecule has 1 fully saturated rings. The molecule has 11 heteroatoms. The predicted octanol–water partition coefficient (Wildman–Crippen LogP) is 5.43. The maximum atomic E-state index is 16.7. The molecule has 0 radical (unpaired) electrons. The third-order valence-corrected chi connectivity index (χ3v) is 9.49. The first-order valence-corrected chi connectivity index (χ1v) is 16.6. The Balaban J connectivity index is 1.42. The number of nitrogens with one attached hydrogen (secondary N) is 1. The van der Waals surface area contributed by atoms with Crippen LogP contribution in [0.3, 0.4) is 0 Å². The van der Waals surface area contributed by atoms with Crippen molar-refractivity contribution in [2.24, 2.45) is 5.10 Å². The number of carbonyl (C=O) groups is 1. The molecule has 1 aliphatic carbocycles. The fraction of sp³-hybridized carbons (Fsp3) is 0.472. The monoisotopic (exact) mass is 642 g/mol. The van der Waals surface area contributed by atoms with Gasteiger partial charge in [0.2, 0.25) is 11.7 Å². The fourth-order valence-corrected chi connectivity index (χ4v) is 6.72. The summed E-state index contributed by atoms with van der Waals surface area (Å²) in [6, 6.07) is 12.9. The van der Waals surface area contributed by atoms with Gasteiger partial charge in [-0.05, 0) is 76.5 Å². The zero-order chi connectivity index (χ0) is 33.5. The number of hydrazone groups is 1. The van der Waals surface area contributed by atoms with E-state index in [2.05, 4.69) is 10.5 Å². The van der Waals surface area contributed by atoms with Crippen molar-refractivity contribution in [1.29, 1.82) is 0 Å². The van der Waals surface area contributed by atoms with Gasteiger partial charge in [0.1, 0.15) is 11.6 Å². The number of hydrogen-bond donors (Lipinski definition) is 2. The molecule has 1 amide bonds. The number of nitrogens with zero attached hydrogens (tertiary/aromatic N) is 5. The lowest BCUT2D eigenvalue weighted by Gasteiger charge is -2.35. The predicted molar refractivity (Wildman–Crippen MR) is 178 cm³/mol. The van der Waals surface area contributed by atoms with Gasteiger partial charge in [0, 0.05) is 23.6 Å². The van der Waals surface area contributed by atoms with Crippen LogP contribution in [0.15, 0.2) is 52.4 Å². The average Bonchev–Trinajstić information content (AvgIpc) is 3.65. The molecule has 0 bridgehead atoms. The standard InChI is InChI=1S/C36H43FN6O4/c1-6-10-30-28(19-24-13-18-27(23-11-8-7-9-12-23)32(33(24)37)29-20-31(44)40-39-29)34(45)42(35-38-22(3)41-43(30)35)25-14-16-26(17-15-25)47-21(2)36(4,5)46/h7-9,11-13,18,21,25-26,46H,6,10,14-17,19-20H2,1-5H3,(H,40,44). The lowest BCUT2D eigenvalue weighted by Crippen LogP contribution is -2.40. The van der Waals surface area contributed by atoms with Gasteiger partial charge in [0.05, 0.1) is 35.6 Å². The van der Waals surface area contributed by atoms with E-state index in [1.807, 2.05) is 57.2 Å². The highest BCUT2D eigenvalue weighted by molar-refractivity contribution is 6.16. The van der Waals surface area contributed by atoms with Crippen LogP contribution >= 0.6 is 0 Å². The van der Waals surface area contributed by atoms with Crippen molar-refractivity contribution in [3.05, 3.63) is 86.8 Å². The number of aryl methyl sites for hydroxylation is 2. The van der Waals surface area contributed by atoms with Crippen LogP contribution in [0.4, 0.5) is 4.39 Å². The molecule has 47 heavy (non-hydrogen) atoms. The highest BCUT2D eigenvalue weighted by Gasteiger charge is 2.32. The van der Waals surface area contributed by atoms with Gasteiger partial charge >= 0.3 is 0 Å². The van der Waals surface area contributed by atoms with E-state index in [1.165, 1.54) is 0 Å². The SMILES string of the molecule is CCCc1c(Cc2ccc(-c3ccccc3)c(C3=NNC(=O)C3)c2F)c(=O)n(C2CCC(OC(C)C(C)(C)O)CC2)c2nc(C)nn12.